The number of carbonyl (C=O) groups is 1. The lowest BCUT2D eigenvalue weighted by Gasteiger charge is -2.19. The Labute approximate surface area is 87.5 Å². The van der Waals surface area contributed by atoms with Crippen LogP contribution in [0.2, 0.25) is 0 Å². The van der Waals surface area contributed by atoms with Gasteiger partial charge in [0, 0.05) is 5.56 Å². The Morgan fingerprint density at radius 3 is 2.47 bits per heavy atom. The maximum absolute atomic E-state index is 13.7. The molecule has 4 heteroatoms. The van der Waals surface area contributed by atoms with E-state index in [1.165, 1.54) is 39.2 Å². The predicted molar refractivity (Wildman–Crippen MR) is 54.1 cm³/mol. The van der Waals surface area contributed by atoms with Gasteiger partial charge in [0.15, 0.2) is 0 Å². The quantitative estimate of drug-likeness (QED) is 0.837. The fraction of sp³-hybridized carbons (Fsp3) is 0.364. The van der Waals surface area contributed by atoms with Gasteiger partial charge in [-0.2, -0.15) is 0 Å². The second-order valence-corrected chi connectivity index (χ2v) is 3.66. The molecular formula is C11H13FO3. The van der Waals surface area contributed by atoms with Gasteiger partial charge in [-0.3, -0.25) is 0 Å². The number of para-hydroxylation sites is 1. The molecule has 0 aromatic heterocycles. The standard InChI is InChI=1S/C11H13FO3/c1-11(2,12)8-6-4-5-7(10(13)14)9(8)15-3/h4-6H,1-3H3,(H,13,14). The van der Waals surface area contributed by atoms with Gasteiger partial charge in [-0.1, -0.05) is 12.1 Å². The molecule has 15 heavy (non-hydrogen) atoms. The summed E-state index contributed by atoms with van der Waals surface area (Å²) in [6.07, 6.45) is 0. The maximum Gasteiger partial charge on any atom is 0.339 e. The highest BCUT2D eigenvalue weighted by Crippen LogP contribution is 2.35. The zero-order valence-corrected chi connectivity index (χ0v) is 8.87. The summed E-state index contributed by atoms with van der Waals surface area (Å²) < 4.78 is 18.7. The van der Waals surface area contributed by atoms with Crippen molar-refractivity contribution in [3.8, 4) is 5.75 Å². The number of halogens is 1. The van der Waals surface area contributed by atoms with E-state index >= 15 is 0 Å². The number of rotatable bonds is 3. The number of benzene rings is 1. The van der Waals surface area contributed by atoms with Crippen LogP contribution in [0.15, 0.2) is 18.2 Å². The summed E-state index contributed by atoms with van der Waals surface area (Å²) in [5.74, 6) is -1.05. The van der Waals surface area contributed by atoms with Crippen molar-refractivity contribution in [2.24, 2.45) is 0 Å². The summed E-state index contributed by atoms with van der Waals surface area (Å²) in [4.78, 5) is 10.9. The average molecular weight is 212 g/mol. The summed E-state index contributed by atoms with van der Waals surface area (Å²) in [7, 11) is 1.33. The van der Waals surface area contributed by atoms with E-state index in [0.29, 0.717) is 0 Å². The average Bonchev–Trinajstić information content (AvgIpc) is 2.15. The van der Waals surface area contributed by atoms with Crippen molar-refractivity contribution in [2.75, 3.05) is 7.11 Å². The van der Waals surface area contributed by atoms with Crippen LogP contribution in [0.4, 0.5) is 4.39 Å². The van der Waals surface area contributed by atoms with Gasteiger partial charge in [-0.15, -0.1) is 0 Å². The molecule has 0 amide bonds. The molecule has 82 valence electrons. The van der Waals surface area contributed by atoms with Gasteiger partial charge in [-0.05, 0) is 19.9 Å². The molecule has 0 bridgehead atoms. The van der Waals surface area contributed by atoms with E-state index < -0.39 is 11.6 Å². The highest BCUT2D eigenvalue weighted by molar-refractivity contribution is 5.91. The minimum absolute atomic E-state index is 0.0271. The van der Waals surface area contributed by atoms with Crippen LogP contribution in [-0.2, 0) is 5.67 Å². The molecule has 0 radical (unpaired) electrons. The summed E-state index contributed by atoms with van der Waals surface area (Å²) in [6, 6.07) is 4.41. The number of carboxylic acids is 1. The molecule has 0 atom stereocenters. The van der Waals surface area contributed by atoms with E-state index in [1.807, 2.05) is 0 Å². The monoisotopic (exact) mass is 212 g/mol. The maximum atomic E-state index is 13.7. The lowest BCUT2D eigenvalue weighted by molar-refractivity contribution is 0.0692. The summed E-state index contributed by atoms with van der Waals surface area (Å²) >= 11 is 0. The van der Waals surface area contributed by atoms with Gasteiger partial charge >= 0.3 is 5.97 Å². The van der Waals surface area contributed by atoms with Crippen molar-refractivity contribution in [3.05, 3.63) is 29.3 Å². The van der Waals surface area contributed by atoms with E-state index in [-0.39, 0.29) is 16.9 Å². The molecule has 0 unspecified atom stereocenters. The lowest BCUT2D eigenvalue weighted by atomic mass is 9.96. The molecule has 0 aliphatic carbocycles. The Morgan fingerprint density at radius 2 is 2.07 bits per heavy atom. The number of hydrogen-bond acceptors (Lipinski definition) is 2. The van der Waals surface area contributed by atoms with Crippen molar-refractivity contribution in [3.63, 3.8) is 0 Å². The minimum Gasteiger partial charge on any atom is -0.495 e. The largest absolute Gasteiger partial charge is 0.495 e. The Bertz CT molecular complexity index is 380. The minimum atomic E-state index is -1.63. The van der Waals surface area contributed by atoms with Crippen LogP contribution < -0.4 is 4.74 Å². The lowest BCUT2D eigenvalue weighted by Crippen LogP contribution is -2.13. The zero-order chi connectivity index (χ0) is 11.6. The van der Waals surface area contributed by atoms with Crippen molar-refractivity contribution < 1.29 is 19.0 Å². The van der Waals surface area contributed by atoms with Crippen LogP contribution in [0.5, 0.6) is 5.75 Å². The number of aromatic carboxylic acids is 1. The molecule has 1 aromatic rings. The third kappa shape index (κ3) is 2.26. The third-order valence-electron chi connectivity index (χ3n) is 2.09. The number of carboxylic acid groups (broad SMARTS) is 1. The first-order chi connectivity index (χ1) is 6.88. The van der Waals surface area contributed by atoms with Gasteiger partial charge in [0.1, 0.15) is 17.0 Å². The predicted octanol–water partition coefficient (Wildman–Crippen LogP) is 2.60. The van der Waals surface area contributed by atoms with Gasteiger partial charge in [-0.25, -0.2) is 9.18 Å². The topological polar surface area (TPSA) is 46.5 Å². The second kappa shape index (κ2) is 3.88. The van der Waals surface area contributed by atoms with E-state index in [9.17, 15) is 9.18 Å². The molecule has 0 spiro atoms. The zero-order valence-electron chi connectivity index (χ0n) is 8.87. The molecule has 1 rings (SSSR count). The highest BCUT2D eigenvalue weighted by atomic mass is 19.1. The molecule has 3 nitrogen and oxygen atoms in total. The first-order valence-electron chi connectivity index (χ1n) is 4.47. The highest BCUT2D eigenvalue weighted by Gasteiger charge is 2.26. The van der Waals surface area contributed by atoms with E-state index in [0.717, 1.165) is 0 Å². The molecule has 0 saturated carbocycles. The van der Waals surface area contributed by atoms with E-state index in [2.05, 4.69) is 0 Å². The smallest absolute Gasteiger partial charge is 0.339 e. The first-order valence-corrected chi connectivity index (χ1v) is 4.47. The fourth-order valence-corrected chi connectivity index (χ4v) is 1.39. The first kappa shape index (κ1) is 11.5. The molecule has 0 aliphatic heterocycles. The Kier molecular flexibility index (Phi) is 2.98. The van der Waals surface area contributed by atoms with Gasteiger partial charge in [0.2, 0.25) is 0 Å². The second-order valence-electron chi connectivity index (χ2n) is 3.66. The number of methoxy groups -OCH3 is 1. The number of alkyl halides is 1. The molecule has 0 aliphatic rings. The van der Waals surface area contributed by atoms with Crippen molar-refractivity contribution in [1.82, 2.24) is 0 Å². The summed E-state index contributed by atoms with van der Waals surface area (Å²) in [5.41, 5.74) is -1.41. The SMILES string of the molecule is COc1c(C(=O)O)cccc1C(C)(C)F. The summed E-state index contributed by atoms with van der Waals surface area (Å²) in [6.45, 7) is 2.72. The molecule has 1 N–H and O–H groups in total. The van der Waals surface area contributed by atoms with Gasteiger partial charge < -0.3 is 9.84 Å². The summed E-state index contributed by atoms with van der Waals surface area (Å²) in [5, 5.41) is 8.88. The van der Waals surface area contributed by atoms with Crippen molar-refractivity contribution >= 4 is 5.97 Å². The molecule has 0 fully saturated rings. The van der Waals surface area contributed by atoms with Crippen LogP contribution in [-0.4, -0.2) is 18.2 Å². The van der Waals surface area contributed by atoms with Crippen LogP contribution in [0.1, 0.15) is 29.8 Å². The Morgan fingerprint density at radius 1 is 1.47 bits per heavy atom. The van der Waals surface area contributed by atoms with Crippen LogP contribution >= 0.6 is 0 Å². The van der Waals surface area contributed by atoms with Crippen molar-refractivity contribution in [1.29, 1.82) is 0 Å². The van der Waals surface area contributed by atoms with Crippen LogP contribution in [0.3, 0.4) is 0 Å². The van der Waals surface area contributed by atoms with Crippen molar-refractivity contribution in [2.45, 2.75) is 19.5 Å². The van der Waals surface area contributed by atoms with Gasteiger partial charge in [0.05, 0.1) is 7.11 Å². The van der Waals surface area contributed by atoms with Crippen LogP contribution in [0.25, 0.3) is 0 Å². The number of ether oxygens (including phenoxy) is 1. The third-order valence-corrected chi connectivity index (χ3v) is 2.09. The van der Waals surface area contributed by atoms with E-state index in [4.69, 9.17) is 9.84 Å². The Hall–Kier alpha value is -1.58. The molecular weight excluding hydrogens is 199 g/mol. The van der Waals surface area contributed by atoms with E-state index in [1.54, 1.807) is 0 Å². The molecule has 0 saturated heterocycles. The van der Waals surface area contributed by atoms with Crippen LogP contribution in [0, 0.1) is 0 Å². The number of hydrogen-bond donors (Lipinski definition) is 1. The normalized spacial score (nSPS) is 11.2. The Balaban J connectivity index is 3.42. The molecule has 1 aromatic carbocycles. The fourth-order valence-electron chi connectivity index (χ4n) is 1.39. The molecule has 0 heterocycles. The van der Waals surface area contributed by atoms with Gasteiger partial charge in [0.25, 0.3) is 0 Å².